The molecule has 0 N–H and O–H groups in total. The van der Waals surface area contributed by atoms with Crippen LogP contribution in [0, 0.1) is 0 Å². The summed E-state index contributed by atoms with van der Waals surface area (Å²) in [6, 6.07) is 8.43. The van der Waals surface area contributed by atoms with Crippen LogP contribution in [0.2, 0.25) is 0 Å². The third kappa shape index (κ3) is 4.55. The van der Waals surface area contributed by atoms with Crippen LogP contribution in [0.15, 0.2) is 24.3 Å². The molecule has 3 heterocycles. The van der Waals surface area contributed by atoms with Gasteiger partial charge in [-0.1, -0.05) is 18.6 Å². The lowest BCUT2D eigenvalue weighted by atomic mass is 9.96. The van der Waals surface area contributed by atoms with Crippen LogP contribution in [0.4, 0.5) is 0 Å². The Bertz CT molecular complexity index is 751. The van der Waals surface area contributed by atoms with Crippen molar-refractivity contribution in [1.29, 1.82) is 0 Å². The first kappa shape index (κ1) is 19.4. The lowest BCUT2D eigenvalue weighted by Crippen LogP contribution is -2.35. The smallest absolute Gasteiger partial charge is 0.146 e. The second kappa shape index (κ2) is 9.05. The van der Waals surface area contributed by atoms with Crippen molar-refractivity contribution in [2.75, 3.05) is 33.3 Å². The van der Waals surface area contributed by atoms with Gasteiger partial charge < -0.3 is 9.30 Å². The van der Waals surface area contributed by atoms with Crippen LogP contribution < -0.4 is 4.74 Å². The highest BCUT2D eigenvalue weighted by Crippen LogP contribution is 2.27. The van der Waals surface area contributed by atoms with Crippen LogP contribution in [0.25, 0.3) is 0 Å². The maximum Gasteiger partial charge on any atom is 0.146 e. The molecule has 0 spiro atoms. The highest BCUT2D eigenvalue weighted by molar-refractivity contribution is 5.27. The Morgan fingerprint density at radius 2 is 1.68 bits per heavy atom. The first-order valence-electron chi connectivity index (χ1n) is 10.7. The standard InChI is InChI=1S/C22H33N5O/c1-25-21(17-26-12-4-3-5-13-26)23-24-22(25)19-7-6-14-27(16-19)15-18-8-10-20(28-2)11-9-18/h8-11,19H,3-7,12-17H2,1-2H3. The molecule has 2 fully saturated rings. The Morgan fingerprint density at radius 1 is 0.929 bits per heavy atom. The Labute approximate surface area is 168 Å². The number of nitrogens with zero attached hydrogens (tertiary/aromatic N) is 5. The van der Waals surface area contributed by atoms with Crippen molar-refractivity contribution < 1.29 is 4.74 Å². The van der Waals surface area contributed by atoms with E-state index in [4.69, 9.17) is 4.74 Å². The van der Waals surface area contributed by atoms with Crippen LogP contribution >= 0.6 is 0 Å². The van der Waals surface area contributed by atoms with E-state index in [-0.39, 0.29) is 0 Å². The van der Waals surface area contributed by atoms with E-state index in [0.717, 1.165) is 43.6 Å². The Balaban J connectivity index is 1.38. The summed E-state index contributed by atoms with van der Waals surface area (Å²) in [6.45, 7) is 6.52. The summed E-state index contributed by atoms with van der Waals surface area (Å²) in [5, 5.41) is 9.16. The van der Waals surface area contributed by atoms with Crippen molar-refractivity contribution in [3.8, 4) is 5.75 Å². The maximum atomic E-state index is 5.27. The molecule has 0 saturated carbocycles. The van der Waals surface area contributed by atoms with E-state index in [1.807, 2.05) is 12.1 Å². The van der Waals surface area contributed by atoms with E-state index >= 15 is 0 Å². The highest BCUT2D eigenvalue weighted by atomic mass is 16.5. The number of piperidine rings is 2. The summed E-state index contributed by atoms with van der Waals surface area (Å²) in [4.78, 5) is 5.07. The first-order chi connectivity index (χ1) is 13.7. The SMILES string of the molecule is COc1ccc(CN2CCCC(c3nnc(CN4CCCCC4)n3C)C2)cc1. The van der Waals surface area contributed by atoms with Crippen molar-refractivity contribution >= 4 is 0 Å². The molecular weight excluding hydrogens is 350 g/mol. The molecular formula is C22H33N5O. The van der Waals surface area contributed by atoms with Gasteiger partial charge in [-0.25, -0.2) is 0 Å². The third-order valence-corrected chi connectivity index (χ3v) is 6.25. The van der Waals surface area contributed by atoms with Gasteiger partial charge in [-0.05, 0) is 63.0 Å². The summed E-state index contributed by atoms with van der Waals surface area (Å²) < 4.78 is 7.53. The predicted molar refractivity (Wildman–Crippen MR) is 110 cm³/mol. The molecule has 0 aliphatic carbocycles. The Kier molecular flexibility index (Phi) is 6.27. The van der Waals surface area contributed by atoms with Gasteiger partial charge in [0.1, 0.15) is 17.4 Å². The number of ether oxygens (including phenoxy) is 1. The van der Waals surface area contributed by atoms with Gasteiger partial charge in [-0.15, -0.1) is 10.2 Å². The minimum Gasteiger partial charge on any atom is -0.497 e. The molecule has 0 bridgehead atoms. The van der Waals surface area contributed by atoms with Crippen LogP contribution in [0.3, 0.4) is 0 Å². The van der Waals surface area contributed by atoms with Crippen molar-refractivity contribution in [2.45, 2.75) is 51.1 Å². The molecule has 1 aromatic heterocycles. The van der Waals surface area contributed by atoms with E-state index in [9.17, 15) is 0 Å². The zero-order chi connectivity index (χ0) is 19.3. The molecule has 2 aliphatic heterocycles. The van der Waals surface area contributed by atoms with Gasteiger partial charge in [-0.3, -0.25) is 9.80 Å². The Hall–Kier alpha value is -1.92. The topological polar surface area (TPSA) is 46.4 Å². The zero-order valence-electron chi connectivity index (χ0n) is 17.3. The molecule has 0 radical (unpaired) electrons. The van der Waals surface area contributed by atoms with Crippen molar-refractivity contribution in [1.82, 2.24) is 24.6 Å². The fraction of sp³-hybridized carbons (Fsp3) is 0.636. The minimum absolute atomic E-state index is 0.472. The highest BCUT2D eigenvalue weighted by Gasteiger charge is 2.26. The van der Waals surface area contributed by atoms with Gasteiger partial charge in [0.05, 0.1) is 13.7 Å². The van der Waals surface area contributed by atoms with Crippen LogP contribution in [-0.2, 0) is 20.1 Å². The zero-order valence-corrected chi connectivity index (χ0v) is 17.3. The van der Waals surface area contributed by atoms with Gasteiger partial charge in [-0.2, -0.15) is 0 Å². The number of hydrogen-bond donors (Lipinski definition) is 0. The number of benzene rings is 1. The Morgan fingerprint density at radius 3 is 2.43 bits per heavy atom. The van der Waals surface area contributed by atoms with Crippen molar-refractivity contribution in [2.24, 2.45) is 7.05 Å². The quantitative estimate of drug-likeness (QED) is 0.767. The second-order valence-corrected chi connectivity index (χ2v) is 8.29. The number of rotatable bonds is 6. The molecule has 0 amide bonds. The predicted octanol–water partition coefficient (Wildman–Crippen LogP) is 3.19. The summed E-state index contributed by atoms with van der Waals surface area (Å²) in [7, 11) is 3.86. The molecule has 1 atom stereocenters. The van der Waals surface area contributed by atoms with E-state index in [1.54, 1.807) is 7.11 Å². The number of likely N-dealkylation sites (tertiary alicyclic amines) is 2. The second-order valence-electron chi connectivity index (χ2n) is 8.29. The fourth-order valence-corrected chi connectivity index (χ4v) is 4.59. The third-order valence-electron chi connectivity index (χ3n) is 6.25. The van der Waals surface area contributed by atoms with Crippen LogP contribution in [0.1, 0.15) is 55.2 Å². The van der Waals surface area contributed by atoms with Gasteiger partial charge in [0.25, 0.3) is 0 Å². The molecule has 28 heavy (non-hydrogen) atoms. The molecule has 2 aromatic rings. The summed E-state index contributed by atoms with van der Waals surface area (Å²) in [5.74, 6) is 3.66. The van der Waals surface area contributed by atoms with E-state index in [0.29, 0.717) is 5.92 Å². The van der Waals surface area contributed by atoms with Crippen molar-refractivity contribution in [3.05, 3.63) is 41.5 Å². The van der Waals surface area contributed by atoms with E-state index < -0.39 is 0 Å². The fourth-order valence-electron chi connectivity index (χ4n) is 4.59. The monoisotopic (exact) mass is 383 g/mol. The van der Waals surface area contributed by atoms with Crippen LogP contribution in [0.5, 0.6) is 5.75 Å². The van der Waals surface area contributed by atoms with Crippen LogP contribution in [-0.4, -0.2) is 57.9 Å². The minimum atomic E-state index is 0.472. The summed E-state index contributed by atoms with van der Waals surface area (Å²) in [6.07, 6.45) is 6.41. The van der Waals surface area contributed by atoms with Gasteiger partial charge >= 0.3 is 0 Å². The van der Waals surface area contributed by atoms with E-state index in [1.165, 1.54) is 50.8 Å². The molecule has 2 aliphatic rings. The average Bonchev–Trinajstić information content (AvgIpc) is 3.10. The largest absolute Gasteiger partial charge is 0.497 e. The molecule has 4 rings (SSSR count). The summed E-state index contributed by atoms with van der Waals surface area (Å²) >= 11 is 0. The molecule has 2 saturated heterocycles. The van der Waals surface area contributed by atoms with E-state index in [2.05, 4.69) is 43.7 Å². The average molecular weight is 384 g/mol. The first-order valence-corrected chi connectivity index (χ1v) is 10.7. The molecule has 152 valence electrons. The number of hydrogen-bond acceptors (Lipinski definition) is 5. The van der Waals surface area contributed by atoms with Gasteiger partial charge in [0, 0.05) is 26.1 Å². The van der Waals surface area contributed by atoms with Gasteiger partial charge in [0.2, 0.25) is 0 Å². The van der Waals surface area contributed by atoms with Gasteiger partial charge in [0.15, 0.2) is 0 Å². The summed E-state index contributed by atoms with van der Waals surface area (Å²) in [5.41, 5.74) is 1.34. The molecule has 6 nitrogen and oxygen atoms in total. The lowest BCUT2D eigenvalue weighted by molar-refractivity contribution is 0.194. The number of methoxy groups -OCH3 is 1. The molecule has 1 unspecified atom stereocenters. The van der Waals surface area contributed by atoms with Crippen molar-refractivity contribution in [3.63, 3.8) is 0 Å². The number of aromatic nitrogens is 3. The maximum absolute atomic E-state index is 5.27. The molecule has 1 aromatic carbocycles. The lowest BCUT2D eigenvalue weighted by Gasteiger charge is -2.32. The molecule has 6 heteroatoms. The normalized spacial score (nSPS) is 21.7.